The van der Waals surface area contributed by atoms with E-state index < -0.39 is 0 Å². The van der Waals surface area contributed by atoms with Crippen LogP contribution in [0.2, 0.25) is 0 Å². The maximum absolute atomic E-state index is 3.62. The Morgan fingerprint density at radius 1 is 1.50 bits per heavy atom. The van der Waals surface area contributed by atoms with E-state index in [0.717, 1.165) is 32.7 Å². The summed E-state index contributed by atoms with van der Waals surface area (Å²) in [6.45, 7) is 9.98. The summed E-state index contributed by atoms with van der Waals surface area (Å²) in [6, 6.07) is 2.77. The minimum atomic E-state index is 0.181. The molecule has 1 fully saturated rings. The number of H-pyrrole nitrogens is 1. The van der Waals surface area contributed by atoms with Gasteiger partial charge < -0.3 is 15.6 Å². The Morgan fingerprint density at radius 3 is 3.00 bits per heavy atom. The van der Waals surface area contributed by atoms with Gasteiger partial charge in [-0.05, 0) is 18.7 Å². The molecule has 3 N–H and O–H groups in total. The Balaban J connectivity index is 1.77. The lowest BCUT2D eigenvalue weighted by atomic mass is 9.86. The van der Waals surface area contributed by atoms with Gasteiger partial charge in [0.15, 0.2) is 0 Å². The monoisotopic (exact) mass is 250 g/mol. The van der Waals surface area contributed by atoms with Crippen LogP contribution in [-0.4, -0.2) is 55.7 Å². The van der Waals surface area contributed by atoms with Crippen LogP contribution >= 0.6 is 0 Å². The first kappa shape index (κ1) is 13.6. The molecule has 0 saturated carbocycles. The number of nitrogens with zero attached hydrogens (tertiary/aromatic N) is 1. The average Bonchev–Trinajstić information content (AvgIpc) is 2.86. The first-order valence-corrected chi connectivity index (χ1v) is 6.84. The molecule has 2 heterocycles. The molecule has 4 nitrogen and oxygen atoms in total. The van der Waals surface area contributed by atoms with E-state index >= 15 is 0 Å². The topological polar surface area (TPSA) is 43.1 Å². The van der Waals surface area contributed by atoms with Gasteiger partial charge in [-0.15, -0.1) is 0 Å². The molecule has 102 valence electrons. The van der Waals surface area contributed by atoms with Crippen LogP contribution in [-0.2, 0) is 5.41 Å². The van der Waals surface area contributed by atoms with Crippen LogP contribution in [0.3, 0.4) is 0 Å². The second-order valence-corrected chi connectivity index (χ2v) is 5.95. The predicted octanol–water partition coefficient (Wildman–Crippen LogP) is 0.786. The average molecular weight is 250 g/mol. The van der Waals surface area contributed by atoms with Crippen molar-refractivity contribution in [2.24, 2.45) is 0 Å². The van der Waals surface area contributed by atoms with Crippen LogP contribution in [0.1, 0.15) is 19.4 Å². The normalized spacial score (nSPS) is 22.3. The summed E-state index contributed by atoms with van der Waals surface area (Å²) >= 11 is 0. The Morgan fingerprint density at radius 2 is 2.33 bits per heavy atom. The summed E-state index contributed by atoms with van der Waals surface area (Å²) in [5.41, 5.74) is 1.55. The van der Waals surface area contributed by atoms with Gasteiger partial charge in [0.1, 0.15) is 0 Å². The lowest BCUT2D eigenvalue weighted by Gasteiger charge is -2.34. The van der Waals surface area contributed by atoms with Crippen molar-refractivity contribution in [2.45, 2.75) is 25.3 Å². The molecule has 0 radical (unpaired) electrons. The van der Waals surface area contributed by atoms with E-state index in [1.807, 2.05) is 6.20 Å². The number of aromatic nitrogens is 1. The van der Waals surface area contributed by atoms with Crippen LogP contribution in [0.4, 0.5) is 0 Å². The molecule has 4 heteroatoms. The summed E-state index contributed by atoms with van der Waals surface area (Å²) in [4.78, 5) is 5.57. The van der Waals surface area contributed by atoms with Crippen molar-refractivity contribution in [1.29, 1.82) is 0 Å². The number of nitrogens with one attached hydrogen (secondary N) is 3. The molecule has 0 bridgehead atoms. The highest BCUT2D eigenvalue weighted by Crippen LogP contribution is 2.21. The molecule has 1 aliphatic heterocycles. The minimum Gasteiger partial charge on any atom is -0.367 e. The van der Waals surface area contributed by atoms with Crippen molar-refractivity contribution in [2.75, 3.05) is 39.8 Å². The first-order chi connectivity index (χ1) is 8.59. The molecule has 1 aromatic heterocycles. The van der Waals surface area contributed by atoms with Crippen LogP contribution in [0.15, 0.2) is 18.5 Å². The smallest absolute Gasteiger partial charge is 0.0342 e. The van der Waals surface area contributed by atoms with Crippen LogP contribution in [0, 0.1) is 0 Å². The molecule has 1 unspecified atom stereocenters. The van der Waals surface area contributed by atoms with Gasteiger partial charge in [-0.3, -0.25) is 4.90 Å². The molecule has 2 rings (SSSR count). The molecule has 1 aromatic rings. The molecule has 0 spiro atoms. The van der Waals surface area contributed by atoms with E-state index in [-0.39, 0.29) is 5.41 Å². The predicted molar refractivity (Wildman–Crippen MR) is 76.0 cm³/mol. The standard InChI is InChI=1S/C14H26N4/c1-14(2,12-4-5-15-8-12)11-17-10-13-9-16-6-7-18(13)3/h4-5,8,13,15-17H,6-7,9-11H2,1-3H3. The SMILES string of the molecule is CN1CCNCC1CNCC(C)(C)c1cc[nH]c1. The summed E-state index contributed by atoms with van der Waals surface area (Å²) in [7, 11) is 2.21. The third-order valence-electron chi connectivity index (χ3n) is 3.97. The van der Waals surface area contributed by atoms with E-state index in [2.05, 4.69) is 53.7 Å². The van der Waals surface area contributed by atoms with Gasteiger partial charge in [-0.25, -0.2) is 0 Å². The molecule has 1 atom stereocenters. The number of hydrogen-bond acceptors (Lipinski definition) is 3. The van der Waals surface area contributed by atoms with Gasteiger partial charge >= 0.3 is 0 Å². The third kappa shape index (κ3) is 3.34. The molecule has 18 heavy (non-hydrogen) atoms. The Hall–Kier alpha value is -0.840. The molecular weight excluding hydrogens is 224 g/mol. The highest BCUT2D eigenvalue weighted by Gasteiger charge is 2.22. The van der Waals surface area contributed by atoms with Crippen molar-refractivity contribution in [3.8, 4) is 0 Å². The fourth-order valence-electron chi connectivity index (χ4n) is 2.49. The lowest BCUT2D eigenvalue weighted by Crippen LogP contribution is -2.54. The molecule has 0 aliphatic carbocycles. The summed E-state index contributed by atoms with van der Waals surface area (Å²) in [6.07, 6.45) is 4.09. The number of hydrogen-bond donors (Lipinski definition) is 3. The largest absolute Gasteiger partial charge is 0.367 e. The van der Waals surface area contributed by atoms with Gasteiger partial charge in [-0.2, -0.15) is 0 Å². The van der Waals surface area contributed by atoms with E-state index in [4.69, 9.17) is 0 Å². The first-order valence-electron chi connectivity index (χ1n) is 6.84. The Labute approximate surface area is 110 Å². The quantitative estimate of drug-likeness (QED) is 0.724. The van der Waals surface area contributed by atoms with Gasteiger partial charge in [0.05, 0.1) is 0 Å². The van der Waals surface area contributed by atoms with Crippen LogP contribution in [0.5, 0.6) is 0 Å². The molecule has 0 amide bonds. The van der Waals surface area contributed by atoms with Crippen molar-refractivity contribution in [3.05, 3.63) is 24.0 Å². The maximum Gasteiger partial charge on any atom is 0.0342 e. The molecule has 0 aromatic carbocycles. The summed E-state index contributed by atoms with van der Waals surface area (Å²) in [5, 5.41) is 7.07. The van der Waals surface area contributed by atoms with Crippen molar-refractivity contribution < 1.29 is 0 Å². The highest BCUT2D eigenvalue weighted by atomic mass is 15.2. The summed E-state index contributed by atoms with van der Waals surface area (Å²) < 4.78 is 0. The van der Waals surface area contributed by atoms with Crippen molar-refractivity contribution in [1.82, 2.24) is 20.5 Å². The fraction of sp³-hybridized carbons (Fsp3) is 0.714. The Bertz CT molecular complexity index is 345. The van der Waals surface area contributed by atoms with Gasteiger partial charge in [0, 0.05) is 56.6 Å². The molecule has 1 aliphatic rings. The number of rotatable bonds is 5. The third-order valence-corrected chi connectivity index (χ3v) is 3.97. The number of piperazine rings is 1. The van der Waals surface area contributed by atoms with Gasteiger partial charge in [0.2, 0.25) is 0 Å². The van der Waals surface area contributed by atoms with E-state index in [1.165, 1.54) is 5.56 Å². The van der Waals surface area contributed by atoms with Gasteiger partial charge in [-0.1, -0.05) is 13.8 Å². The number of aromatic amines is 1. The zero-order chi connectivity index (χ0) is 13.0. The van der Waals surface area contributed by atoms with E-state index in [9.17, 15) is 0 Å². The zero-order valence-corrected chi connectivity index (χ0v) is 11.8. The fourth-order valence-corrected chi connectivity index (χ4v) is 2.49. The van der Waals surface area contributed by atoms with E-state index in [1.54, 1.807) is 0 Å². The molecule has 1 saturated heterocycles. The van der Waals surface area contributed by atoms with E-state index in [0.29, 0.717) is 6.04 Å². The van der Waals surface area contributed by atoms with Crippen LogP contribution < -0.4 is 10.6 Å². The summed E-state index contributed by atoms with van der Waals surface area (Å²) in [5.74, 6) is 0. The van der Waals surface area contributed by atoms with Crippen molar-refractivity contribution >= 4 is 0 Å². The van der Waals surface area contributed by atoms with Crippen LogP contribution in [0.25, 0.3) is 0 Å². The Kier molecular flexibility index (Phi) is 4.43. The van der Waals surface area contributed by atoms with Gasteiger partial charge in [0.25, 0.3) is 0 Å². The minimum absolute atomic E-state index is 0.181. The maximum atomic E-state index is 3.62. The molecular formula is C14H26N4. The highest BCUT2D eigenvalue weighted by molar-refractivity contribution is 5.20. The van der Waals surface area contributed by atoms with Crippen molar-refractivity contribution in [3.63, 3.8) is 0 Å². The second kappa shape index (κ2) is 5.87. The second-order valence-electron chi connectivity index (χ2n) is 5.95. The lowest BCUT2D eigenvalue weighted by molar-refractivity contribution is 0.193. The zero-order valence-electron chi connectivity index (χ0n) is 11.8. The number of likely N-dealkylation sites (N-methyl/N-ethyl adjacent to an activating group) is 1.